The van der Waals surface area contributed by atoms with Gasteiger partial charge in [0.05, 0.1) is 18.0 Å². The molecule has 106 valence electrons. The lowest BCUT2D eigenvalue weighted by Crippen LogP contribution is -2.04. The van der Waals surface area contributed by atoms with Crippen LogP contribution in [0, 0.1) is 5.82 Å². The van der Waals surface area contributed by atoms with E-state index in [4.69, 9.17) is 22.1 Å². The first-order chi connectivity index (χ1) is 9.60. The van der Waals surface area contributed by atoms with Crippen molar-refractivity contribution in [1.29, 1.82) is 0 Å². The molecule has 0 heterocycles. The van der Waals surface area contributed by atoms with E-state index in [9.17, 15) is 4.39 Å². The third-order valence-corrected chi connectivity index (χ3v) is 3.05. The molecule has 5 heteroatoms. The van der Waals surface area contributed by atoms with Crippen LogP contribution < -0.4 is 15.8 Å². The first-order valence-electron chi connectivity index (χ1n) is 6.30. The fraction of sp³-hybridized carbons (Fsp3) is 0.200. The molecule has 0 aliphatic heterocycles. The van der Waals surface area contributed by atoms with E-state index >= 15 is 0 Å². The maximum Gasteiger partial charge on any atom is 0.167 e. The molecule has 0 atom stereocenters. The molecule has 2 rings (SSSR count). The summed E-state index contributed by atoms with van der Waals surface area (Å²) < 4.78 is 18.8. The van der Waals surface area contributed by atoms with Gasteiger partial charge in [0, 0.05) is 23.7 Å². The maximum absolute atomic E-state index is 13.6. The summed E-state index contributed by atoms with van der Waals surface area (Å²) in [6, 6.07) is 10.3. The summed E-state index contributed by atoms with van der Waals surface area (Å²) in [5.74, 6) is -0.262. The normalized spacial score (nSPS) is 10.3. The van der Waals surface area contributed by atoms with Gasteiger partial charge in [-0.1, -0.05) is 23.7 Å². The summed E-state index contributed by atoms with van der Waals surface area (Å²) in [7, 11) is 0. The van der Waals surface area contributed by atoms with Crippen molar-refractivity contribution >= 4 is 23.0 Å². The Morgan fingerprint density at radius 2 is 1.95 bits per heavy atom. The van der Waals surface area contributed by atoms with E-state index in [0.29, 0.717) is 29.5 Å². The molecular formula is C15H16ClFN2O. The lowest BCUT2D eigenvalue weighted by Gasteiger charge is -2.12. The first-order valence-corrected chi connectivity index (χ1v) is 6.68. The molecule has 0 radical (unpaired) electrons. The van der Waals surface area contributed by atoms with Crippen molar-refractivity contribution in [1.82, 2.24) is 0 Å². The molecule has 0 saturated carbocycles. The molecule has 0 unspecified atom stereocenters. The number of halogens is 2. The minimum absolute atomic E-state index is 0.195. The van der Waals surface area contributed by atoms with Crippen LogP contribution in [0.5, 0.6) is 5.75 Å². The molecule has 0 bridgehead atoms. The second-order valence-electron chi connectivity index (χ2n) is 4.28. The summed E-state index contributed by atoms with van der Waals surface area (Å²) in [6.45, 7) is 2.77. The lowest BCUT2D eigenvalue weighted by molar-refractivity contribution is 0.322. The predicted octanol–water partition coefficient (Wildman–Crippen LogP) is 4.07. The van der Waals surface area contributed by atoms with Crippen molar-refractivity contribution in [3.63, 3.8) is 0 Å². The minimum atomic E-state index is -0.457. The van der Waals surface area contributed by atoms with Crippen molar-refractivity contribution in [3.05, 3.63) is 52.8 Å². The Morgan fingerprint density at radius 1 is 1.25 bits per heavy atom. The Bertz CT molecular complexity index is 587. The average Bonchev–Trinajstić information content (AvgIpc) is 2.42. The van der Waals surface area contributed by atoms with Crippen molar-refractivity contribution in [2.45, 2.75) is 13.5 Å². The summed E-state index contributed by atoms with van der Waals surface area (Å²) in [6.07, 6.45) is 0. The Labute approximate surface area is 122 Å². The van der Waals surface area contributed by atoms with Crippen molar-refractivity contribution in [2.75, 3.05) is 17.7 Å². The number of hydrogen-bond donors (Lipinski definition) is 2. The monoisotopic (exact) mass is 294 g/mol. The van der Waals surface area contributed by atoms with Gasteiger partial charge in [-0.3, -0.25) is 0 Å². The molecule has 3 N–H and O–H groups in total. The van der Waals surface area contributed by atoms with Gasteiger partial charge in [-0.15, -0.1) is 0 Å². The molecule has 0 amide bonds. The summed E-state index contributed by atoms with van der Waals surface area (Å²) in [4.78, 5) is 0. The molecule has 0 aliphatic carbocycles. The molecule has 0 aliphatic rings. The quantitative estimate of drug-likeness (QED) is 0.817. The van der Waals surface area contributed by atoms with Gasteiger partial charge in [0.1, 0.15) is 0 Å². The zero-order chi connectivity index (χ0) is 14.5. The number of nitrogens with one attached hydrogen (secondary N) is 1. The standard InChI is InChI=1S/C15H16ClFN2O/c1-2-20-15-8-14(13(18)7-12(15)17)19-9-10-3-5-11(16)6-4-10/h3-8,19H,2,9,18H2,1H3. The van der Waals surface area contributed by atoms with Gasteiger partial charge in [0.2, 0.25) is 0 Å². The Hall–Kier alpha value is -1.94. The van der Waals surface area contributed by atoms with Crippen molar-refractivity contribution in [2.24, 2.45) is 0 Å². The number of benzene rings is 2. The van der Waals surface area contributed by atoms with Crippen LogP contribution in [-0.4, -0.2) is 6.61 Å². The fourth-order valence-corrected chi connectivity index (χ4v) is 1.91. The van der Waals surface area contributed by atoms with Gasteiger partial charge < -0.3 is 15.8 Å². The van der Waals surface area contributed by atoms with Crippen molar-refractivity contribution in [3.8, 4) is 5.75 Å². The van der Waals surface area contributed by atoms with Crippen LogP contribution in [0.1, 0.15) is 12.5 Å². The summed E-state index contributed by atoms with van der Waals surface area (Å²) in [5, 5.41) is 3.85. The molecular weight excluding hydrogens is 279 g/mol. The molecule has 0 fully saturated rings. The van der Waals surface area contributed by atoms with E-state index in [1.807, 2.05) is 24.3 Å². The minimum Gasteiger partial charge on any atom is -0.491 e. The second-order valence-corrected chi connectivity index (χ2v) is 4.72. The van der Waals surface area contributed by atoms with Crippen LogP contribution in [0.4, 0.5) is 15.8 Å². The van der Waals surface area contributed by atoms with E-state index in [-0.39, 0.29) is 5.75 Å². The molecule has 0 saturated heterocycles. The molecule has 2 aromatic rings. The lowest BCUT2D eigenvalue weighted by atomic mass is 10.2. The Kier molecular flexibility index (Phi) is 4.69. The van der Waals surface area contributed by atoms with Crippen LogP contribution in [0.25, 0.3) is 0 Å². The molecule has 3 nitrogen and oxygen atoms in total. The number of rotatable bonds is 5. The molecule has 2 aromatic carbocycles. The summed E-state index contributed by atoms with van der Waals surface area (Å²) >= 11 is 5.83. The smallest absolute Gasteiger partial charge is 0.167 e. The van der Waals surface area contributed by atoms with E-state index in [1.54, 1.807) is 13.0 Å². The van der Waals surface area contributed by atoms with Gasteiger partial charge in [-0.2, -0.15) is 0 Å². The zero-order valence-corrected chi connectivity index (χ0v) is 11.9. The average molecular weight is 295 g/mol. The first kappa shape index (κ1) is 14.5. The van der Waals surface area contributed by atoms with Crippen LogP contribution >= 0.6 is 11.6 Å². The predicted molar refractivity (Wildman–Crippen MR) is 80.8 cm³/mol. The number of nitrogen functional groups attached to an aromatic ring is 1. The van der Waals surface area contributed by atoms with E-state index in [1.165, 1.54) is 6.07 Å². The van der Waals surface area contributed by atoms with Crippen molar-refractivity contribution < 1.29 is 9.13 Å². The van der Waals surface area contributed by atoms with Gasteiger partial charge >= 0.3 is 0 Å². The molecule has 0 spiro atoms. The number of hydrogen-bond acceptors (Lipinski definition) is 3. The third-order valence-electron chi connectivity index (χ3n) is 2.80. The zero-order valence-electron chi connectivity index (χ0n) is 11.1. The highest BCUT2D eigenvalue weighted by Crippen LogP contribution is 2.28. The van der Waals surface area contributed by atoms with E-state index in [2.05, 4.69) is 5.32 Å². The number of nitrogens with two attached hydrogens (primary N) is 1. The Balaban J connectivity index is 2.12. The number of ether oxygens (including phenoxy) is 1. The molecule has 0 aromatic heterocycles. The third kappa shape index (κ3) is 3.54. The topological polar surface area (TPSA) is 47.3 Å². The van der Waals surface area contributed by atoms with Gasteiger partial charge in [-0.25, -0.2) is 4.39 Å². The highest BCUT2D eigenvalue weighted by molar-refractivity contribution is 6.30. The fourth-order valence-electron chi connectivity index (χ4n) is 1.79. The van der Waals surface area contributed by atoms with Crippen LogP contribution in [0.2, 0.25) is 5.02 Å². The van der Waals surface area contributed by atoms with Crippen LogP contribution in [0.3, 0.4) is 0 Å². The van der Waals surface area contributed by atoms with Crippen LogP contribution in [-0.2, 0) is 6.54 Å². The van der Waals surface area contributed by atoms with Gasteiger partial charge in [0.15, 0.2) is 11.6 Å². The Morgan fingerprint density at radius 3 is 2.60 bits per heavy atom. The maximum atomic E-state index is 13.6. The van der Waals surface area contributed by atoms with E-state index in [0.717, 1.165) is 5.56 Å². The van der Waals surface area contributed by atoms with Gasteiger partial charge in [0.25, 0.3) is 0 Å². The highest BCUT2D eigenvalue weighted by Gasteiger charge is 2.08. The highest BCUT2D eigenvalue weighted by atomic mass is 35.5. The number of anilines is 2. The molecule has 20 heavy (non-hydrogen) atoms. The second kappa shape index (κ2) is 6.48. The van der Waals surface area contributed by atoms with E-state index < -0.39 is 5.82 Å². The van der Waals surface area contributed by atoms with Gasteiger partial charge in [-0.05, 0) is 24.6 Å². The SMILES string of the molecule is CCOc1cc(NCc2ccc(Cl)cc2)c(N)cc1F. The van der Waals surface area contributed by atoms with Crippen LogP contribution in [0.15, 0.2) is 36.4 Å². The summed E-state index contributed by atoms with van der Waals surface area (Å²) in [5.41, 5.74) is 7.84. The largest absolute Gasteiger partial charge is 0.491 e.